The van der Waals surface area contributed by atoms with Crippen molar-refractivity contribution in [1.29, 1.82) is 0 Å². The Hall–Kier alpha value is -0.820. The van der Waals surface area contributed by atoms with Gasteiger partial charge < -0.3 is 10.2 Å². The van der Waals surface area contributed by atoms with E-state index in [0.29, 0.717) is 17.9 Å². The van der Waals surface area contributed by atoms with Crippen molar-refractivity contribution < 1.29 is 9.53 Å². The van der Waals surface area contributed by atoms with Gasteiger partial charge in [0.1, 0.15) is 0 Å². The molecule has 0 spiro atoms. The Bertz CT molecular complexity index is 342. The van der Waals surface area contributed by atoms with Crippen molar-refractivity contribution >= 4 is 34.2 Å². The maximum Gasteiger partial charge on any atom is 0.339 e. The smallest absolute Gasteiger partial charge is 0.339 e. The minimum atomic E-state index is -0.325. The highest BCUT2D eigenvalue weighted by molar-refractivity contribution is 14.1. The fourth-order valence-corrected chi connectivity index (χ4v) is 1.54. The first-order chi connectivity index (χ1) is 6.69. The number of halogens is 1. The van der Waals surface area contributed by atoms with Crippen LogP contribution in [-0.2, 0) is 4.74 Å². The van der Waals surface area contributed by atoms with Gasteiger partial charge in [-0.3, -0.25) is 5.84 Å². The van der Waals surface area contributed by atoms with Crippen molar-refractivity contribution in [3.63, 3.8) is 0 Å². The van der Waals surface area contributed by atoms with Gasteiger partial charge in [-0.2, -0.15) is 0 Å². The van der Waals surface area contributed by atoms with E-state index in [1.165, 1.54) is 0 Å². The fourth-order valence-electron chi connectivity index (χ4n) is 0.980. The number of rotatable bonds is 3. The summed E-state index contributed by atoms with van der Waals surface area (Å²) in [5.74, 6) is 4.91. The van der Waals surface area contributed by atoms with Gasteiger partial charge in [0.2, 0.25) is 0 Å². The zero-order valence-corrected chi connectivity index (χ0v) is 9.87. The number of nitrogens with two attached hydrogens (primary N) is 1. The lowest BCUT2D eigenvalue weighted by Gasteiger charge is -2.06. The minimum Gasteiger partial charge on any atom is -0.462 e. The van der Waals surface area contributed by atoms with E-state index in [2.05, 4.69) is 28.0 Å². The number of hydrazine groups is 1. The topological polar surface area (TPSA) is 64.3 Å². The molecule has 0 saturated heterocycles. The minimum absolute atomic E-state index is 0.325. The van der Waals surface area contributed by atoms with Crippen LogP contribution in [0.3, 0.4) is 0 Å². The monoisotopic (exact) mass is 306 g/mol. The number of esters is 1. The van der Waals surface area contributed by atoms with Crippen LogP contribution in [0.4, 0.5) is 5.69 Å². The molecule has 0 saturated carbocycles. The molecule has 0 amide bonds. The van der Waals surface area contributed by atoms with Gasteiger partial charge in [-0.25, -0.2) is 4.79 Å². The number of hydrogen-bond donors (Lipinski definition) is 2. The predicted octanol–water partition coefficient (Wildman–Crippen LogP) is 1.75. The first-order valence-electron chi connectivity index (χ1n) is 4.12. The number of hydrogen-bond acceptors (Lipinski definition) is 4. The first-order valence-corrected chi connectivity index (χ1v) is 5.20. The summed E-state index contributed by atoms with van der Waals surface area (Å²) < 4.78 is 5.74. The fraction of sp³-hybridized carbons (Fsp3) is 0.222. The average molecular weight is 306 g/mol. The first kappa shape index (κ1) is 11.3. The van der Waals surface area contributed by atoms with Crippen LogP contribution >= 0.6 is 22.6 Å². The lowest BCUT2D eigenvalue weighted by Crippen LogP contribution is -2.10. The number of nitrogen functional groups attached to an aromatic ring is 1. The molecule has 0 aliphatic rings. The number of nitrogens with one attached hydrogen (secondary N) is 1. The molecule has 14 heavy (non-hydrogen) atoms. The summed E-state index contributed by atoms with van der Waals surface area (Å²) in [6, 6.07) is 5.27. The third kappa shape index (κ3) is 2.58. The summed E-state index contributed by atoms with van der Waals surface area (Å²) in [5, 5.41) is 0. The summed E-state index contributed by atoms with van der Waals surface area (Å²) in [6.45, 7) is 2.14. The molecule has 3 N–H and O–H groups in total. The number of benzene rings is 1. The molecule has 0 heterocycles. The van der Waals surface area contributed by atoms with Crippen molar-refractivity contribution in [2.45, 2.75) is 6.92 Å². The second-order valence-electron chi connectivity index (χ2n) is 2.56. The number of carbonyl (C=O) groups is 1. The Balaban J connectivity index is 2.99. The quantitative estimate of drug-likeness (QED) is 0.386. The van der Waals surface area contributed by atoms with E-state index < -0.39 is 0 Å². The van der Waals surface area contributed by atoms with Crippen LogP contribution in [0.1, 0.15) is 17.3 Å². The largest absolute Gasteiger partial charge is 0.462 e. The Morgan fingerprint density at radius 3 is 2.93 bits per heavy atom. The van der Waals surface area contributed by atoms with Gasteiger partial charge in [-0.05, 0) is 47.7 Å². The van der Waals surface area contributed by atoms with Crippen LogP contribution in [0.2, 0.25) is 0 Å². The van der Waals surface area contributed by atoms with Gasteiger partial charge in [0.25, 0.3) is 0 Å². The molecule has 0 bridgehead atoms. The van der Waals surface area contributed by atoms with E-state index in [9.17, 15) is 4.79 Å². The SMILES string of the molecule is CCOC(=O)c1cc(NN)ccc1I. The van der Waals surface area contributed by atoms with E-state index in [1.807, 2.05) is 6.07 Å². The molecule has 76 valence electrons. The predicted molar refractivity (Wildman–Crippen MR) is 62.9 cm³/mol. The zero-order valence-electron chi connectivity index (χ0n) is 7.71. The van der Waals surface area contributed by atoms with Gasteiger partial charge >= 0.3 is 5.97 Å². The molecule has 0 aliphatic carbocycles. The molecular formula is C9H11IN2O2. The van der Waals surface area contributed by atoms with Crippen LogP contribution < -0.4 is 11.3 Å². The molecule has 0 atom stereocenters. The lowest BCUT2D eigenvalue weighted by molar-refractivity contribution is 0.0525. The lowest BCUT2D eigenvalue weighted by atomic mass is 10.2. The summed E-state index contributed by atoms with van der Waals surface area (Å²) in [4.78, 5) is 11.4. The molecule has 5 heteroatoms. The molecule has 1 rings (SSSR count). The van der Waals surface area contributed by atoms with Crippen LogP contribution in [-0.4, -0.2) is 12.6 Å². The molecular weight excluding hydrogens is 295 g/mol. The summed E-state index contributed by atoms with van der Waals surface area (Å²) >= 11 is 2.08. The maximum atomic E-state index is 11.4. The third-order valence-corrected chi connectivity index (χ3v) is 2.57. The second-order valence-corrected chi connectivity index (χ2v) is 3.72. The summed E-state index contributed by atoms with van der Waals surface area (Å²) in [7, 11) is 0. The van der Waals surface area contributed by atoms with Crippen LogP contribution in [0.25, 0.3) is 0 Å². The highest BCUT2D eigenvalue weighted by Gasteiger charge is 2.11. The van der Waals surface area contributed by atoms with Gasteiger partial charge in [0, 0.05) is 9.26 Å². The Kier molecular flexibility index (Phi) is 4.15. The van der Waals surface area contributed by atoms with Gasteiger partial charge in [-0.15, -0.1) is 0 Å². The van der Waals surface area contributed by atoms with Crippen molar-refractivity contribution in [2.24, 2.45) is 5.84 Å². The Morgan fingerprint density at radius 1 is 1.64 bits per heavy atom. The summed E-state index contributed by atoms with van der Waals surface area (Å²) in [6.07, 6.45) is 0. The molecule has 0 aromatic heterocycles. The zero-order chi connectivity index (χ0) is 10.6. The van der Waals surface area contributed by atoms with Gasteiger partial charge in [0.15, 0.2) is 0 Å². The maximum absolute atomic E-state index is 11.4. The molecule has 0 aliphatic heterocycles. The molecule has 4 nitrogen and oxygen atoms in total. The Labute approximate surface area is 95.9 Å². The van der Waals surface area contributed by atoms with Gasteiger partial charge in [0.05, 0.1) is 12.2 Å². The van der Waals surface area contributed by atoms with Crippen molar-refractivity contribution in [1.82, 2.24) is 0 Å². The van der Waals surface area contributed by atoms with Crippen LogP contribution in [0.5, 0.6) is 0 Å². The number of ether oxygens (including phenoxy) is 1. The van der Waals surface area contributed by atoms with Crippen molar-refractivity contribution in [3.8, 4) is 0 Å². The second kappa shape index (κ2) is 5.16. The molecule has 1 aromatic rings. The third-order valence-electron chi connectivity index (χ3n) is 1.63. The van der Waals surface area contributed by atoms with E-state index in [0.717, 1.165) is 3.57 Å². The van der Waals surface area contributed by atoms with Crippen molar-refractivity contribution in [2.75, 3.05) is 12.0 Å². The van der Waals surface area contributed by atoms with E-state index in [-0.39, 0.29) is 5.97 Å². The van der Waals surface area contributed by atoms with E-state index >= 15 is 0 Å². The highest BCUT2D eigenvalue weighted by Crippen LogP contribution is 2.18. The molecule has 0 unspecified atom stereocenters. The van der Waals surface area contributed by atoms with Crippen molar-refractivity contribution in [3.05, 3.63) is 27.3 Å². The van der Waals surface area contributed by atoms with E-state index in [4.69, 9.17) is 10.6 Å². The van der Waals surface area contributed by atoms with E-state index in [1.54, 1.807) is 19.1 Å². The number of carbonyl (C=O) groups excluding carboxylic acids is 1. The average Bonchev–Trinajstić information content (AvgIpc) is 2.19. The Morgan fingerprint density at radius 2 is 2.36 bits per heavy atom. The molecule has 0 fully saturated rings. The molecule has 0 radical (unpaired) electrons. The molecule has 1 aromatic carbocycles. The van der Waals surface area contributed by atoms with Crippen LogP contribution in [0, 0.1) is 3.57 Å². The van der Waals surface area contributed by atoms with Crippen LogP contribution in [0.15, 0.2) is 18.2 Å². The van der Waals surface area contributed by atoms with Gasteiger partial charge in [-0.1, -0.05) is 0 Å². The summed E-state index contributed by atoms with van der Waals surface area (Å²) in [5.41, 5.74) is 3.70. The standard InChI is InChI=1S/C9H11IN2O2/c1-2-14-9(13)7-5-6(12-11)3-4-8(7)10/h3-5,12H,2,11H2,1H3. The normalized spacial score (nSPS) is 9.64. The number of anilines is 1. The highest BCUT2D eigenvalue weighted by atomic mass is 127.